The first kappa shape index (κ1) is 26.9. The van der Waals surface area contributed by atoms with Gasteiger partial charge in [0, 0.05) is 15.9 Å². The van der Waals surface area contributed by atoms with E-state index in [0.717, 1.165) is 15.9 Å². The fraction of sp³-hybridized carbons (Fsp3) is 0.0606. The normalized spacial score (nSPS) is 14.4. The number of esters is 1. The summed E-state index contributed by atoms with van der Waals surface area (Å²) in [4.78, 5) is 28.6. The van der Waals surface area contributed by atoms with E-state index in [1.165, 1.54) is 7.11 Å². The number of carbonyl (C=O) groups is 2. The van der Waals surface area contributed by atoms with E-state index < -0.39 is 24.1 Å². The minimum Gasteiger partial charge on any atom is -0.465 e. The Morgan fingerprint density at radius 2 is 1.18 bits per heavy atom. The van der Waals surface area contributed by atoms with Crippen molar-refractivity contribution in [3.8, 4) is 12.1 Å². The largest absolute Gasteiger partial charge is 0.465 e. The molecular weight excluding hydrogens is 539 g/mol. The van der Waals surface area contributed by atoms with Crippen molar-refractivity contribution >= 4 is 57.0 Å². The van der Waals surface area contributed by atoms with E-state index in [9.17, 15) is 20.1 Å². The number of hydrogen-bond acceptors (Lipinski definition) is 5. The number of nitriles is 2. The van der Waals surface area contributed by atoms with Crippen LogP contribution in [0.3, 0.4) is 0 Å². The van der Waals surface area contributed by atoms with Crippen molar-refractivity contribution in [1.29, 1.82) is 10.5 Å². The molecule has 0 saturated carbocycles. The predicted octanol–water partition coefficient (Wildman–Crippen LogP) is 5.05. The highest BCUT2D eigenvalue weighted by atomic mass is 35.5. The number of ether oxygens (including phenoxy) is 1. The number of nitrogens with zero attached hydrogens (tertiary/aromatic N) is 2. The summed E-state index contributed by atoms with van der Waals surface area (Å²) in [5.74, 6) is -1.53. The number of methoxy groups -OCH3 is 1. The first-order chi connectivity index (χ1) is 19.4. The van der Waals surface area contributed by atoms with Crippen LogP contribution in [0, 0.1) is 28.1 Å². The molecule has 0 aromatic heterocycles. The van der Waals surface area contributed by atoms with E-state index >= 15 is 0 Å². The summed E-state index contributed by atoms with van der Waals surface area (Å²) in [6.45, 7) is -3.17. The number of halogens is 1. The van der Waals surface area contributed by atoms with Crippen molar-refractivity contribution in [2.45, 2.75) is 0 Å². The van der Waals surface area contributed by atoms with Crippen LogP contribution < -0.4 is 15.9 Å². The Morgan fingerprint density at radius 3 is 1.55 bits per heavy atom. The lowest BCUT2D eigenvalue weighted by Crippen LogP contribution is -2.37. The summed E-state index contributed by atoms with van der Waals surface area (Å²) >= 11 is 6.15. The zero-order valence-corrected chi connectivity index (χ0v) is 23.1. The first-order valence-electron chi connectivity index (χ1n) is 12.4. The van der Waals surface area contributed by atoms with Crippen LogP contribution >= 0.6 is 18.5 Å². The summed E-state index contributed by atoms with van der Waals surface area (Å²) in [5, 5.41) is 24.0. The predicted molar refractivity (Wildman–Crippen MR) is 159 cm³/mol. The standard InChI is InChI=1S/C33H22ClN2O3P/c1-39-32(38)28-29(23-17-19-24(34)20-18-23)33(21-35,22-36)31(37)30(28)40(25-11-5-2-6-12-25,26-13-7-3-8-14-26)27-15-9-4-10-16-27/h2-20H,1H3. The minimum absolute atomic E-state index is 0.00758. The Balaban J connectivity index is 2.16. The van der Waals surface area contributed by atoms with Crippen LogP contribution in [0.1, 0.15) is 5.56 Å². The van der Waals surface area contributed by atoms with Gasteiger partial charge in [-0.05, 0) is 40.5 Å². The van der Waals surface area contributed by atoms with Gasteiger partial charge in [0.2, 0.25) is 11.2 Å². The molecule has 40 heavy (non-hydrogen) atoms. The van der Waals surface area contributed by atoms with Crippen molar-refractivity contribution in [3.63, 3.8) is 0 Å². The molecule has 1 aliphatic carbocycles. The topological polar surface area (TPSA) is 90.9 Å². The highest BCUT2D eigenvalue weighted by molar-refractivity contribution is 7.97. The van der Waals surface area contributed by atoms with E-state index in [1.54, 1.807) is 24.3 Å². The van der Waals surface area contributed by atoms with Crippen LogP contribution in [0.2, 0.25) is 5.02 Å². The van der Waals surface area contributed by atoms with Crippen molar-refractivity contribution in [2.24, 2.45) is 5.41 Å². The second-order valence-electron chi connectivity index (χ2n) is 9.08. The molecule has 4 aromatic carbocycles. The second-order valence-corrected chi connectivity index (χ2v) is 12.9. The summed E-state index contributed by atoms with van der Waals surface area (Å²) < 4.78 is 5.28. The molecule has 7 heteroatoms. The average molecular weight is 561 g/mol. The fourth-order valence-electron chi connectivity index (χ4n) is 5.34. The summed E-state index contributed by atoms with van der Waals surface area (Å²) in [6, 6.07) is 38.8. The highest BCUT2D eigenvalue weighted by Crippen LogP contribution is 2.55. The summed E-state index contributed by atoms with van der Waals surface area (Å²) in [7, 11) is 1.23. The van der Waals surface area contributed by atoms with Gasteiger partial charge >= 0.3 is 5.97 Å². The van der Waals surface area contributed by atoms with Gasteiger partial charge in [-0.3, -0.25) is 4.79 Å². The Hall–Kier alpha value is -4.67. The molecule has 0 N–H and O–H groups in total. The molecular formula is C33H22ClN2O3P. The van der Waals surface area contributed by atoms with Gasteiger partial charge < -0.3 is 4.74 Å². The first-order valence-corrected chi connectivity index (χ1v) is 14.5. The van der Waals surface area contributed by atoms with Gasteiger partial charge in [0.25, 0.3) is 0 Å². The zero-order chi connectivity index (χ0) is 28.3. The van der Waals surface area contributed by atoms with Gasteiger partial charge in [0.15, 0.2) is 0 Å². The molecule has 0 spiro atoms. The maximum absolute atomic E-state index is 14.8. The molecule has 194 valence electrons. The molecule has 0 unspecified atom stereocenters. The molecule has 0 amide bonds. The molecule has 0 saturated heterocycles. The van der Waals surface area contributed by atoms with Gasteiger partial charge in [0.1, 0.15) is 0 Å². The van der Waals surface area contributed by atoms with Crippen LogP contribution in [0.25, 0.3) is 5.57 Å². The van der Waals surface area contributed by atoms with Crippen LogP contribution in [-0.2, 0) is 14.3 Å². The fourth-order valence-corrected chi connectivity index (χ4v) is 10.0. The monoisotopic (exact) mass is 560 g/mol. The van der Waals surface area contributed by atoms with Crippen LogP contribution in [0.15, 0.2) is 121 Å². The lowest BCUT2D eigenvalue weighted by molar-refractivity contribution is -0.135. The van der Waals surface area contributed by atoms with Crippen LogP contribution in [0.5, 0.6) is 0 Å². The number of ketones is 1. The smallest absolute Gasteiger partial charge is 0.339 e. The molecule has 0 radical (unpaired) electrons. The average Bonchev–Trinajstić information content (AvgIpc) is 3.28. The maximum atomic E-state index is 14.8. The van der Waals surface area contributed by atoms with E-state index in [1.807, 2.05) is 103 Å². The molecule has 0 aliphatic heterocycles. The Bertz CT molecular complexity index is 1670. The third kappa shape index (κ3) is 4.00. The maximum Gasteiger partial charge on any atom is 0.339 e. The van der Waals surface area contributed by atoms with E-state index in [-0.39, 0.29) is 16.4 Å². The number of hydrogen-bond donors (Lipinski definition) is 0. The van der Waals surface area contributed by atoms with Gasteiger partial charge in [-0.1, -0.05) is 115 Å². The van der Waals surface area contributed by atoms with Gasteiger partial charge in [0.05, 0.1) is 24.8 Å². The lowest BCUT2D eigenvalue weighted by Gasteiger charge is -2.32. The number of allylic oxidation sites excluding steroid dienone is 1. The second kappa shape index (κ2) is 10.8. The van der Waals surface area contributed by atoms with Gasteiger partial charge in [-0.25, -0.2) is 4.79 Å². The SMILES string of the molecule is COC(=O)C1=C(c2ccc(Cl)cc2)C(C#N)(C#N)C(=O)C1=P(c1ccccc1)(c1ccccc1)c1ccccc1. The van der Waals surface area contributed by atoms with Crippen molar-refractivity contribution in [1.82, 2.24) is 0 Å². The van der Waals surface area contributed by atoms with E-state index in [0.29, 0.717) is 10.6 Å². The van der Waals surface area contributed by atoms with Gasteiger partial charge in [-0.15, -0.1) is 0 Å². The Kier molecular flexibility index (Phi) is 7.29. The summed E-state index contributed by atoms with van der Waals surface area (Å²) in [6.07, 6.45) is 0. The Morgan fingerprint density at radius 1 is 0.750 bits per heavy atom. The van der Waals surface area contributed by atoms with E-state index in [4.69, 9.17) is 16.3 Å². The third-order valence-corrected chi connectivity index (χ3v) is 11.6. The van der Waals surface area contributed by atoms with Crippen molar-refractivity contribution < 1.29 is 14.3 Å². The highest BCUT2D eigenvalue weighted by Gasteiger charge is 2.58. The number of carbonyl (C=O) groups excluding carboxylic acids is 2. The molecule has 5 nitrogen and oxygen atoms in total. The zero-order valence-electron chi connectivity index (χ0n) is 21.4. The van der Waals surface area contributed by atoms with E-state index in [2.05, 4.69) is 0 Å². The van der Waals surface area contributed by atoms with Crippen molar-refractivity contribution in [2.75, 3.05) is 7.11 Å². The quantitative estimate of drug-likeness (QED) is 0.252. The summed E-state index contributed by atoms with van der Waals surface area (Å²) in [5.41, 5.74) is -1.98. The van der Waals surface area contributed by atoms with Gasteiger partial charge in [-0.2, -0.15) is 10.5 Å². The minimum atomic E-state index is -3.17. The van der Waals surface area contributed by atoms with Crippen molar-refractivity contribution in [3.05, 3.63) is 131 Å². The molecule has 4 aromatic rings. The Labute approximate surface area is 237 Å². The molecule has 0 atom stereocenters. The molecule has 5 rings (SSSR count). The molecule has 0 bridgehead atoms. The van der Waals surface area contributed by atoms with Crippen LogP contribution in [0.4, 0.5) is 0 Å². The third-order valence-electron chi connectivity index (χ3n) is 7.04. The number of benzene rings is 4. The van der Waals surface area contributed by atoms with Crippen LogP contribution in [-0.4, -0.2) is 24.2 Å². The molecule has 0 fully saturated rings. The lowest BCUT2D eigenvalue weighted by atomic mass is 9.79. The number of Topliss-reactive ketones (excluding diaryl/α,β-unsaturated/α-hetero) is 1. The number of rotatable bonds is 5. The molecule has 1 aliphatic rings. The molecule has 0 heterocycles.